The number of anilines is 3. The Morgan fingerprint density at radius 3 is 2.77 bits per heavy atom. The summed E-state index contributed by atoms with van der Waals surface area (Å²) in [7, 11) is 0. The lowest BCUT2D eigenvalue weighted by atomic mass is 10.1. The summed E-state index contributed by atoms with van der Waals surface area (Å²) in [5.41, 5.74) is 8.57. The largest absolute Gasteiger partial charge is 0.490 e. The average molecular weight is 350 g/mol. The molecular formula is C19H18N4O3. The van der Waals surface area contributed by atoms with Crippen molar-refractivity contribution in [2.24, 2.45) is 0 Å². The number of fused-ring (bicyclic) bond motifs is 1. The first-order chi connectivity index (χ1) is 12.7. The first-order valence-electron chi connectivity index (χ1n) is 8.26. The van der Waals surface area contributed by atoms with Gasteiger partial charge < -0.3 is 30.4 Å². The highest BCUT2D eigenvalue weighted by Crippen LogP contribution is 2.35. The van der Waals surface area contributed by atoms with Crippen molar-refractivity contribution in [2.75, 3.05) is 24.3 Å². The van der Waals surface area contributed by atoms with Crippen LogP contribution in [-0.2, 0) is 0 Å². The molecule has 0 unspecified atom stereocenters. The van der Waals surface area contributed by atoms with Gasteiger partial charge in [-0.25, -0.2) is 4.98 Å². The molecule has 7 heteroatoms. The molecule has 0 atom stereocenters. The van der Waals surface area contributed by atoms with Gasteiger partial charge in [-0.3, -0.25) is 0 Å². The van der Waals surface area contributed by atoms with E-state index in [1.54, 1.807) is 24.4 Å². The van der Waals surface area contributed by atoms with Gasteiger partial charge in [0.05, 0.1) is 19.4 Å². The minimum atomic E-state index is 0.354. The van der Waals surface area contributed by atoms with E-state index in [-0.39, 0.29) is 0 Å². The van der Waals surface area contributed by atoms with Gasteiger partial charge in [0.15, 0.2) is 17.3 Å². The fourth-order valence-electron chi connectivity index (χ4n) is 2.68. The van der Waals surface area contributed by atoms with Crippen LogP contribution in [0.5, 0.6) is 11.5 Å². The van der Waals surface area contributed by atoms with Crippen molar-refractivity contribution in [3.05, 3.63) is 48.2 Å². The molecule has 132 valence electrons. The third kappa shape index (κ3) is 3.19. The predicted molar refractivity (Wildman–Crippen MR) is 99.6 cm³/mol. The van der Waals surface area contributed by atoms with Gasteiger partial charge in [-0.1, -0.05) is 0 Å². The lowest BCUT2D eigenvalue weighted by Gasteiger charge is -2.08. The maximum absolute atomic E-state index is 7.38. The van der Waals surface area contributed by atoms with E-state index in [1.807, 2.05) is 18.2 Å². The second-order valence-corrected chi connectivity index (χ2v) is 5.85. The van der Waals surface area contributed by atoms with E-state index >= 15 is 0 Å². The zero-order valence-electron chi connectivity index (χ0n) is 14.0. The van der Waals surface area contributed by atoms with Gasteiger partial charge in [-0.15, -0.1) is 0 Å². The summed E-state index contributed by atoms with van der Waals surface area (Å²) in [5, 5.41) is 10.5. The second kappa shape index (κ2) is 6.79. The number of rotatable bonds is 4. The van der Waals surface area contributed by atoms with Crippen LogP contribution in [-0.4, -0.2) is 24.4 Å². The first kappa shape index (κ1) is 16.0. The van der Waals surface area contributed by atoms with Crippen LogP contribution in [0.4, 0.5) is 17.4 Å². The Labute approximate surface area is 150 Å². The maximum atomic E-state index is 7.38. The zero-order valence-corrected chi connectivity index (χ0v) is 14.0. The number of nitrogens with zero attached hydrogens (tertiary/aromatic N) is 1. The van der Waals surface area contributed by atoms with Crippen LogP contribution < -0.4 is 20.5 Å². The molecule has 7 nitrogen and oxygen atoms in total. The summed E-state index contributed by atoms with van der Waals surface area (Å²) in [4.78, 5) is 4.26. The molecule has 0 radical (unpaired) electrons. The first-order valence-corrected chi connectivity index (χ1v) is 8.26. The van der Waals surface area contributed by atoms with Crippen molar-refractivity contribution >= 4 is 23.6 Å². The highest BCUT2D eigenvalue weighted by Gasteiger charge is 2.14. The highest BCUT2D eigenvalue weighted by molar-refractivity contribution is 5.87. The molecule has 3 aromatic rings. The Morgan fingerprint density at radius 1 is 1.08 bits per heavy atom. The van der Waals surface area contributed by atoms with Crippen LogP contribution in [0.3, 0.4) is 0 Å². The molecule has 0 saturated carbocycles. The Kier molecular flexibility index (Phi) is 4.18. The summed E-state index contributed by atoms with van der Waals surface area (Å²) in [6, 6.07) is 11.3. The van der Waals surface area contributed by atoms with Crippen LogP contribution >= 0.6 is 0 Å². The molecule has 2 aromatic carbocycles. The molecular weight excluding hydrogens is 332 g/mol. The fraction of sp³-hybridized carbons (Fsp3) is 0.158. The summed E-state index contributed by atoms with van der Waals surface area (Å²) in [5.74, 6) is 2.07. The van der Waals surface area contributed by atoms with Crippen molar-refractivity contribution in [3.63, 3.8) is 0 Å². The van der Waals surface area contributed by atoms with E-state index in [2.05, 4.69) is 10.3 Å². The van der Waals surface area contributed by atoms with Crippen LogP contribution in [0.25, 0.3) is 11.3 Å². The molecule has 26 heavy (non-hydrogen) atoms. The van der Waals surface area contributed by atoms with Crippen LogP contribution in [0.2, 0.25) is 0 Å². The Hall–Kier alpha value is -3.48. The van der Waals surface area contributed by atoms with Crippen LogP contribution in [0.15, 0.2) is 47.0 Å². The molecule has 0 saturated heterocycles. The summed E-state index contributed by atoms with van der Waals surface area (Å²) in [6.07, 6.45) is 3.72. The molecule has 1 aliphatic heterocycles. The number of ether oxygens (including phenoxy) is 2. The molecule has 0 spiro atoms. The minimum Gasteiger partial charge on any atom is -0.490 e. The lowest BCUT2D eigenvalue weighted by Crippen LogP contribution is -1.97. The van der Waals surface area contributed by atoms with Crippen molar-refractivity contribution < 1.29 is 13.9 Å². The van der Waals surface area contributed by atoms with Crippen molar-refractivity contribution in [1.82, 2.24) is 4.98 Å². The van der Waals surface area contributed by atoms with Crippen LogP contribution in [0, 0.1) is 5.41 Å². The maximum Gasteiger partial charge on any atom is 0.299 e. The number of nitrogens with two attached hydrogens (primary N) is 1. The second-order valence-electron chi connectivity index (χ2n) is 5.85. The van der Waals surface area contributed by atoms with E-state index in [0.717, 1.165) is 23.4 Å². The highest BCUT2D eigenvalue weighted by atomic mass is 16.5. The summed E-state index contributed by atoms with van der Waals surface area (Å²) >= 11 is 0. The quantitative estimate of drug-likeness (QED) is 0.488. The van der Waals surface area contributed by atoms with Gasteiger partial charge in [0.1, 0.15) is 0 Å². The number of oxazole rings is 1. The normalized spacial score (nSPS) is 13.1. The van der Waals surface area contributed by atoms with Gasteiger partial charge in [0.2, 0.25) is 0 Å². The summed E-state index contributed by atoms with van der Waals surface area (Å²) < 4.78 is 17.1. The lowest BCUT2D eigenvalue weighted by molar-refractivity contribution is 0.297. The van der Waals surface area contributed by atoms with Gasteiger partial charge in [-0.05, 0) is 36.4 Å². The topological polar surface area (TPSA) is 106 Å². The van der Waals surface area contributed by atoms with Crippen LogP contribution in [0.1, 0.15) is 12.0 Å². The number of benzene rings is 2. The summed E-state index contributed by atoms with van der Waals surface area (Å²) in [6.45, 7) is 1.29. The molecule has 4 N–H and O–H groups in total. The minimum absolute atomic E-state index is 0.354. The molecule has 0 bridgehead atoms. The molecule has 0 amide bonds. The molecule has 0 fully saturated rings. The van der Waals surface area contributed by atoms with Gasteiger partial charge >= 0.3 is 0 Å². The Bertz CT molecular complexity index is 952. The Morgan fingerprint density at radius 2 is 1.92 bits per heavy atom. The van der Waals surface area contributed by atoms with Gasteiger partial charge in [0, 0.05) is 35.1 Å². The van der Waals surface area contributed by atoms with E-state index < -0.39 is 0 Å². The predicted octanol–water partition coefficient (Wildman–Crippen LogP) is 3.83. The number of aromatic nitrogens is 1. The Balaban J connectivity index is 1.56. The third-order valence-corrected chi connectivity index (χ3v) is 4.03. The van der Waals surface area contributed by atoms with Crippen molar-refractivity contribution in [1.29, 1.82) is 5.41 Å². The fourth-order valence-corrected chi connectivity index (χ4v) is 2.68. The standard InChI is InChI=1S/C19H18N4O3/c20-10-13-8-14(3-4-15(13)21)23-19-22-11-18(26-19)12-2-5-16-17(9-12)25-7-1-6-24-16/h2-5,8-11,20H,1,6-7,21H2,(H,22,23). The van der Waals surface area contributed by atoms with Gasteiger partial charge in [0.25, 0.3) is 6.01 Å². The van der Waals surface area contributed by atoms with E-state index in [0.29, 0.717) is 42.0 Å². The molecule has 1 aromatic heterocycles. The van der Waals surface area contributed by atoms with Gasteiger partial charge in [-0.2, -0.15) is 0 Å². The number of nitrogens with one attached hydrogen (secondary N) is 2. The molecule has 0 aliphatic carbocycles. The third-order valence-electron chi connectivity index (χ3n) is 4.03. The number of hydrogen-bond acceptors (Lipinski definition) is 7. The molecule has 2 heterocycles. The zero-order chi connectivity index (χ0) is 17.9. The van der Waals surface area contributed by atoms with E-state index in [9.17, 15) is 0 Å². The molecule has 4 rings (SSSR count). The number of hydrogen-bond donors (Lipinski definition) is 3. The number of nitrogen functional groups attached to an aromatic ring is 1. The van der Waals surface area contributed by atoms with Crippen molar-refractivity contribution in [2.45, 2.75) is 6.42 Å². The monoisotopic (exact) mass is 350 g/mol. The smallest absolute Gasteiger partial charge is 0.299 e. The SMILES string of the molecule is N=Cc1cc(Nc2ncc(-c3ccc4c(c3)OCCCO4)o2)ccc1N. The van der Waals surface area contributed by atoms with E-state index in [1.165, 1.54) is 6.21 Å². The molecule has 1 aliphatic rings. The average Bonchev–Trinajstić information content (AvgIpc) is 2.99. The van der Waals surface area contributed by atoms with E-state index in [4.69, 9.17) is 25.0 Å². The van der Waals surface area contributed by atoms with Crippen molar-refractivity contribution in [3.8, 4) is 22.8 Å².